The van der Waals surface area contributed by atoms with Crippen LogP contribution >= 0.6 is 24.8 Å². The van der Waals surface area contributed by atoms with E-state index >= 15 is 0 Å². The number of aromatic nitrogens is 4. The van der Waals surface area contributed by atoms with Crippen molar-refractivity contribution < 1.29 is 13.2 Å². The first-order chi connectivity index (χ1) is 13.9. The number of hydrazine groups is 1. The van der Waals surface area contributed by atoms with Crippen molar-refractivity contribution in [3.63, 3.8) is 0 Å². The van der Waals surface area contributed by atoms with E-state index in [9.17, 15) is 13.2 Å². The molecular formula is C18H29Cl2F3N8. The zero-order chi connectivity index (χ0) is 20.4. The maximum atomic E-state index is 12.5. The summed E-state index contributed by atoms with van der Waals surface area (Å²) in [5, 5.41) is 3.34. The van der Waals surface area contributed by atoms with Crippen molar-refractivity contribution in [1.82, 2.24) is 24.9 Å². The third kappa shape index (κ3) is 6.47. The van der Waals surface area contributed by atoms with Crippen molar-refractivity contribution in [2.45, 2.75) is 75.7 Å². The Morgan fingerprint density at radius 3 is 2.35 bits per heavy atom. The number of alkyl halides is 3. The molecule has 0 spiro atoms. The number of imidazole rings is 1. The van der Waals surface area contributed by atoms with Gasteiger partial charge in [-0.2, -0.15) is 23.1 Å². The molecule has 0 saturated heterocycles. The third-order valence-corrected chi connectivity index (χ3v) is 5.74. The van der Waals surface area contributed by atoms with Gasteiger partial charge in [0.25, 0.3) is 0 Å². The van der Waals surface area contributed by atoms with Gasteiger partial charge >= 0.3 is 6.18 Å². The highest BCUT2D eigenvalue weighted by Gasteiger charge is 2.27. The Bertz CT molecular complexity index is 833. The van der Waals surface area contributed by atoms with Crippen LogP contribution in [0.2, 0.25) is 0 Å². The number of hydrogen-bond acceptors (Lipinski definition) is 7. The number of fused-ring (bicyclic) bond motifs is 1. The highest BCUT2D eigenvalue weighted by Crippen LogP contribution is 2.33. The van der Waals surface area contributed by atoms with Gasteiger partial charge in [-0.1, -0.05) is 12.8 Å². The molecule has 31 heavy (non-hydrogen) atoms. The molecule has 2 aliphatic carbocycles. The van der Waals surface area contributed by atoms with Crippen molar-refractivity contribution >= 4 is 47.7 Å². The van der Waals surface area contributed by atoms with E-state index in [2.05, 4.69) is 31.1 Å². The maximum absolute atomic E-state index is 12.5. The molecule has 176 valence electrons. The Kier molecular flexibility index (Phi) is 8.99. The zero-order valence-electron chi connectivity index (χ0n) is 17.0. The van der Waals surface area contributed by atoms with E-state index in [0.717, 1.165) is 51.4 Å². The van der Waals surface area contributed by atoms with Crippen LogP contribution in [0.15, 0.2) is 6.33 Å². The van der Waals surface area contributed by atoms with E-state index in [1.54, 1.807) is 6.33 Å². The first-order valence-corrected chi connectivity index (χ1v) is 10.2. The molecule has 0 amide bonds. The van der Waals surface area contributed by atoms with Crippen molar-refractivity contribution in [3.8, 4) is 0 Å². The van der Waals surface area contributed by atoms with Crippen LogP contribution in [0.3, 0.4) is 0 Å². The van der Waals surface area contributed by atoms with Gasteiger partial charge in [0.1, 0.15) is 6.54 Å². The SMILES string of the molecule is Cl.Cl.NC1CCC(Nc2nc(NNCC(F)(F)F)c3ncn(C4CCCC4)c3n2)CC1. The molecule has 8 nitrogen and oxygen atoms in total. The average Bonchev–Trinajstić information content (AvgIpc) is 3.32. The summed E-state index contributed by atoms with van der Waals surface area (Å²) >= 11 is 0. The summed E-state index contributed by atoms with van der Waals surface area (Å²) in [4.78, 5) is 13.5. The largest absolute Gasteiger partial charge is 0.402 e. The van der Waals surface area contributed by atoms with Crippen LogP contribution in [-0.2, 0) is 0 Å². The lowest BCUT2D eigenvalue weighted by molar-refractivity contribution is -0.123. The molecule has 2 aliphatic rings. The number of nitrogens with one attached hydrogen (secondary N) is 3. The number of halogens is 5. The van der Waals surface area contributed by atoms with Crippen LogP contribution in [0.4, 0.5) is 24.9 Å². The topological polar surface area (TPSA) is 106 Å². The van der Waals surface area contributed by atoms with E-state index in [0.29, 0.717) is 23.2 Å². The molecule has 0 radical (unpaired) electrons. The smallest absolute Gasteiger partial charge is 0.351 e. The lowest BCUT2D eigenvalue weighted by Gasteiger charge is -2.27. The lowest BCUT2D eigenvalue weighted by Crippen LogP contribution is -2.34. The van der Waals surface area contributed by atoms with Gasteiger partial charge in [-0.05, 0) is 38.5 Å². The number of nitrogens with zero attached hydrogens (tertiary/aromatic N) is 4. The second-order valence-electron chi connectivity index (χ2n) is 8.01. The van der Waals surface area contributed by atoms with Crippen molar-refractivity contribution in [2.24, 2.45) is 5.73 Å². The minimum Gasteiger partial charge on any atom is -0.351 e. The summed E-state index contributed by atoms with van der Waals surface area (Å²) in [6, 6.07) is 0.738. The van der Waals surface area contributed by atoms with Gasteiger partial charge in [0.15, 0.2) is 17.0 Å². The molecule has 0 aliphatic heterocycles. The minimum absolute atomic E-state index is 0. The Hall–Kier alpha value is -1.56. The summed E-state index contributed by atoms with van der Waals surface area (Å²) in [5.74, 6) is 0.639. The number of rotatable bonds is 6. The van der Waals surface area contributed by atoms with Gasteiger partial charge < -0.3 is 21.0 Å². The van der Waals surface area contributed by atoms with Gasteiger partial charge in [-0.15, -0.1) is 24.8 Å². The Labute approximate surface area is 191 Å². The van der Waals surface area contributed by atoms with Crippen LogP contribution in [0, 0.1) is 0 Å². The van der Waals surface area contributed by atoms with E-state index in [1.807, 2.05) is 4.57 Å². The van der Waals surface area contributed by atoms with Crippen LogP contribution in [0.5, 0.6) is 0 Å². The summed E-state index contributed by atoms with van der Waals surface area (Å²) < 4.78 is 39.6. The maximum Gasteiger partial charge on any atom is 0.402 e. The van der Waals surface area contributed by atoms with Crippen LogP contribution < -0.4 is 21.9 Å². The third-order valence-electron chi connectivity index (χ3n) is 5.74. The molecule has 0 atom stereocenters. The fourth-order valence-electron chi connectivity index (χ4n) is 4.19. The first kappa shape index (κ1) is 25.7. The zero-order valence-corrected chi connectivity index (χ0v) is 18.6. The fourth-order valence-corrected chi connectivity index (χ4v) is 4.19. The van der Waals surface area contributed by atoms with Crippen LogP contribution in [0.1, 0.15) is 57.4 Å². The molecule has 0 bridgehead atoms. The minimum atomic E-state index is -4.33. The molecular weight excluding hydrogens is 456 g/mol. The summed E-state index contributed by atoms with van der Waals surface area (Å²) in [6.45, 7) is -1.18. The van der Waals surface area contributed by atoms with E-state index in [1.165, 1.54) is 0 Å². The van der Waals surface area contributed by atoms with Gasteiger partial charge in [0.2, 0.25) is 5.95 Å². The summed E-state index contributed by atoms with van der Waals surface area (Å²) in [6.07, 6.45) is 5.48. The Balaban J connectivity index is 0.00000171. The second-order valence-corrected chi connectivity index (χ2v) is 8.01. The standard InChI is InChI=1S/C18H27F3N8.2ClH/c19-18(20,21)9-24-28-15-14-16(29(10-23-14)13-3-1-2-4-13)27-17(26-15)25-12-7-5-11(22)6-8-12;;/h10-13,24H,1-9,22H2,(H2,25,26,27,28);2*1H. The average molecular weight is 485 g/mol. The van der Waals surface area contributed by atoms with Crippen molar-refractivity contribution in [3.05, 3.63) is 6.33 Å². The predicted molar refractivity (Wildman–Crippen MR) is 119 cm³/mol. The van der Waals surface area contributed by atoms with Crippen LogP contribution in [0.25, 0.3) is 11.2 Å². The van der Waals surface area contributed by atoms with E-state index in [4.69, 9.17) is 5.73 Å². The van der Waals surface area contributed by atoms with Gasteiger partial charge in [-0.25, -0.2) is 10.4 Å². The van der Waals surface area contributed by atoms with Gasteiger partial charge in [-0.3, -0.25) is 0 Å². The normalized spacial score (nSPS) is 22.1. The van der Waals surface area contributed by atoms with E-state index in [-0.39, 0.29) is 42.7 Å². The summed E-state index contributed by atoms with van der Waals surface area (Å²) in [5.41, 5.74) is 11.8. The van der Waals surface area contributed by atoms with E-state index < -0.39 is 12.7 Å². The second kappa shape index (κ2) is 10.8. The molecule has 13 heteroatoms. The molecule has 2 fully saturated rings. The molecule has 2 heterocycles. The Morgan fingerprint density at radius 1 is 1.03 bits per heavy atom. The molecule has 4 rings (SSSR count). The molecule has 2 saturated carbocycles. The molecule has 2 aromatic heterocycles. The highest BCUT2D eigenvalue weighted by molar-refractivity contribution is 5.86. The number of anilines is 2. The monoisotopic (exact) mass is 484 g/mol. The highest BCUT2D eigenvalue weighted by atomic mass is 35.5. The summed E-state index contributed by atoms with van der Waals surface area (Å²) in [7, 11) is 0. The van der Waals surface area contributed by atoms with Gasteiger partial charge in [0, 0.05) is 18.1 Å². The quantitative estimate of drug-likeness (QED) is 0.460. The predicted octanol–water partition coefficient (Wildman–Crippen LogP) is 3.95. The molecule has 5 N–H and O–H groups in total. The number of nitrogens with two attached hydrogens (primary N) is 1. The van der Waals surface area contributed by atoms with Gasteiger partial charge in [0.05, 0.1) is 6.33 Å². The first-order valence-electron chi connectivity index (χ1n) is 10.2. The molecule has 2 aromatic rings. The molecule has 0 aromatic carbocycles. The molecule has 0 unspecified atom stereocenters. The Morgan fingerprint density at radius 2 is 1.71 bits per heavy atom. The number of hydrogen-bond donors (Lipinski definition) is 4. The lowest BCUT2D eigenvalue weighted by atomic mass is 9.92. The fraction of sp³-hybridized carbons (Fsp3) is 0.722. The van der Waals surface area contributed by atoms with Crippen molar-refractivity contribution in [1.29, 1.82) is 0 Å². The van der Waals surface area contributed by atoms with Crippen molar-refractivity contribution in [2.75, 3.05) is 17.3 Å². The van der Waals surface area contributed by atoms with Crippen LogP contribution in [-0.4, -0.2) is 44.3 Å².